The van der Waals surface area contributed by atoms with Gasteiger partial charge in [0.1, 0.15) is 0 Å². The van der Waals surface area contributed by atoms with Crippen molar-refractivity contribution >= 4 is 11.9 Å². The number of hydrogen-bond acceptors (Lipinski definition) is 4. The summed E-state index contributed by atoms with van der Waals surface area (Å²) in [5, 5.41) is 11.7. The lowest BCUT2D eigenvalue weighted by molar-refractivity contribution is 0.0683. The summed E-state index contributed by atoms with van der Waals surface area (Å²) in [6.07, 6.45) is 3.24. The molecule has 110 valence electrons. The zero-order valence-corrected chi connectivity index (χ0v) is 11.8. The highest BCUT2D eigenvalue weighted by molar-refractivity contribution is 6.02. The van der Waals surface area contributed by atoms with Gasteiger partial charge in [0.05, 0.1) is 6.33 Å². The quantitative estimate of drug-likeness (QED) is 0.749. The lowest BCUT2D eigenvalue weighted by atomic mass is 9.80. The molecule has 3 N–H and O–H groups in total. The Hall–Kier alpha value is -1.89. The Kier molecular flexibility index (Phi) is 4.08. The first-order chi connectivity index (χ1) is 9.41. The van der Waals surface area contributed by atoms with E-state index in [4.69, 9.17) is 5.11 Å². The number of amides is 1. The van der Waals surface area contributed by atoms with Crippen molar-refractivity contribution < 1.29 is 14.7 Å². The van der Waals surface area contributed by atoms with Gasteiger partial charge in [-0.15, -0.1) is 0 Å². The van der Waals surface area contributed by atoms with Crippen LogP contribution < -0.4 is 5.32 Å². The molecule has 1 aromatic heterocycles. The van der Waals surface area contributed by atoms with Crippen LogP contribution in [0, 0.1) is 5.41 Å². The van der Waals surface area contributed by atoms with Gasteiger partial charge in [-0.1, -0.05) is 6.92 Å². The second kappa shape index (κ2) is 5.62. The summed E-state index contributed by atoms with van der Waals surface area (Å²) >= 11 is 0. The Bertz CT molecular complexity index is 503. The number of carboxylic acids is 1. The molecule has 0 bridgehead atoms. The summed E-state index contributed by atoms with van der Waals surface area (Å²) in [4.78, 5) is 31.5. The molecule has 1 aromatic rings. The molecule has 0 aliphatic carbocycles. The van der Waals surface area contributed by atoms with E-state index in [-0.39, 0.29) is 16.8 Å². The Morgan fingerprint density at radius 3 is 2.75 bits per heavy atom. The number of carbonyl (C=O) groups excluding carboxylic acids is 1. The van der Waals surface area contributed by atoms with Gasteiger partial charge in [0.15, 0.2) is 11.4 Å². The van der Waals surface area contributed by atoms with Gasteiger partial charge in [-0.2, -0.15) is 0 Å². The average Bonchev–Trinajstić information content (AvgIpc) is 2.89. The van der Waals surface area contributed by atoms with E-state index in [1.54, 1.807) is 0 Å². The molecule has 0 unspecified atom stereocenters. The predicted octanol–water partition coefficient (Wildman–Crippen LogP) is 0.570. The minimum atomic E-state index is -1.18. The molecule has 0 atom stereocenters. The molecular formula is C13H20N4O3. The number of carbonyl (C=O) groups is 2. The number of nitrogens with one attached hydrogen (secondary N) is 2. The molecule has 0 radical (unpaired) electrons. The molecule has 2 rings (SSSR count). The van der Waals surface area contributed by atoms with Gasteiger partial charge < -0.3 is 20.3 Å². The van der Waals surface area contributed by atoms with E-state index in [0.717, 1.165) is 25.9 Å². The van der Waals surface area contributed by atoms with Crippen LogP contribution in [0.1, 0.15) is 40.7 Å². The van der Waals surface area contributed by atoms with Crippen molar-refractivity contribution in [2.75, 3.05) is 26.7 Å². The summed E-state index contributed by atoms with van der Waals surface area (Å²) in [7, 11) is 2.08. The van der Waals surface area contributed by atoms with E-state index in [1.807, 2.05) is 0 Å². The maximum atomic E-state index is 12.0. The maximum Gasteiger partial charge on any atom is 0.354 e. The third-order valence-electron chi connectivity index (χ3n) is 3.94. The Labute approximate surface area is 117 Å². The lowest BCUT2D eigenvalue weighted by Gasteiger charge is -2.37. The van der Waals surface area contributed by atoms with Crippen LogP contribution in [0.15, 0.2) is 6.33 Å². The fourth-order valence-electron chi connectivity index (χ4n) is 2.34. The van der Waals surface area contributed by atoms with Crippen LogP contribution in [0.3, 0.4) is 0 Å². The smallest absolute Gasteiger partial charge is 0.354 e. The van der Waals surface area contributed by atoms with Gasteiger partial charge in [0.2, 0.25) is 0 Å². The summed E-state index contributed by atoms with van der Waals surface area (Å²) in [5.74, 6) is -1.62. The lowest BCUT2D eigenvalue weighted by Crippen LogP contribution is -2.43. The molecule has 1 aliphatic heterocycles. The molecule has 0 aromatic carbocycles. The number of hydrogen-bond donors (Lipinski definition) is 3. The number of piperidine rings is 1. The minimum absolute atomic E-state index is 0.0574. The van der Waals surface area contributed by atoms with Crippen molar-refractivity contribution in [1.82, 2.24) is 20.2 Å². The number of aromatic carboxylic acids is 1. The fraction of sp³-hybridized carbons (Fsp3) is 0.615. The zero-order chi connectivity index (χ0) is 14.8. The second-order valence-corrected chi connectivity index (χ2v) is 5.73. The summed E-state index contributed by atoms with van der Waals surface area (Å²) in [6.45, 7) is 4.69. The van der Waals surface area contributed by atoms with Crippen molar-refractivity contribution in [3.8, 4) is 0 Å². The number of nitrogens with zero attached hydrogens (tertiary/aromatic N) is 2. The molecule has 20 heavy (non-hydrogen) atoms. The topological polar surface area (TPSA) is 98.3 Å². The number of aromatic amines is 1. The number of aromatic nitrogens is 2. The van der Waals surface area contributed by atoms with Crippen LogP contribution in [-0.4, -0.2) is 58.5 Å². The highest BCUT2D eigenvalue weighted by Gasteiger charge is 2.30. The third-order valence-corrected chi connectivity index (χ3v) is 3.94. The van der Waals surface area contributed by atoms with Crippen molar-refractivity contribution in [1.29, 1.82) is 0 Å². The highest BCUT2D eigenvalue weighted by Crippen LogP contribution is 2.29. The maximum absolute atomic E-state index is 12.0. The Morgan fingerprint density at radius 1 is 1.50 bits per heavy atom. The largest absolute Gasteiger partial charge is 0.477 e. The summed E-state index contributed by atoms with van der Waals surface area (Å²) < 4.78 is 0. The van der Waals surface area contributed by atoms with Crippen LogP contribution in [0.5, 0.6) is 0 Å². The Morgan fingerprint density at radius 2 is 2.15 bits per heavy atom. The number of carboxylic acid groups (broad SMARTS) is 1. The molecule has 7 heteroatoms. The number of rotatable bonds is 4. The number of likely N-dealkylation sites (tertiary alicyclic amines) is 1. The van der Waals surface area contributed by atoms with Gasteiger partial charge in [-0.05, 0) is 38.4 Å². The molecule has 1 fully saturated rings. The molecule has 1 amide bonds. The zero-order valence-electron chi connectivity index (χ0n) is 11.8. The van der Waals surface area contributed by atoms with E-state index in [9.17, 15) is 9.59 Å². The van der Waals surface area contributed by atoms with Gasteiger partial charge in [-0.3, -0.25) is 4.79 Å². The second-order valence-electron chi connectivity index (χ2n) is 5.73. The van der Waals surface area contributed by atoms with Crippen molar-refractivity contribution in [3.63, 3.8) is 0 Å². The Balaban J connectivity index is 1.95. The van der Waals surface area contributed by atoms with Crippen molar-refractivity contribution in [2.45, 2.75) is 19.8 Å². The number of imidazole rings is 1. The van der Waals surface area contributed by atoms with Crippen LogP contribution in [-0.2, 0) is 0 Å². The van der Waals surface area contributed by atoms with Gasteiger partial charge in [0.25, 0.3) is 5.91 Å². The molecule has 7 nitrogen and oxygen atoms in total. The van der Waals surface area contributed by atoms with E-state index in [2.05, 4.69) is 34.2 Å². The monoisotopic (exact) mass is 280 g/mol. The van der Waals surface area contributed by atoms with Crippen LogP contribution in [0.25, 0.3) is 0 Å². The normalized spacial score (nSPS) is 18.7. The number of H-pyrrole nitrogens is 1. The molecule has 0 saturated carbocycles. The van der Waals surface area contributed by atoms with Crippen molar-refractivity contribution in [3.05, 3.63) is 17.7 Å². The van der Waals surface area contributed by atoms with E-state index >= 15 is 0 Å². The highest BCUT2D eigenvalue weighted by atomic mass is 16.4. The van der Waals surface area contributed by atoms with Gasteiger partial charge in [-0.25, -0.2) is 9.78 Å². The standard InChI is InChI=1S/C13H20N4O3/c1-13(3-5-17(2)6-4-13)7-14-11(18)9-10(12(19)20)16-8-15-9/h8H,3-7H2,1-2H3,(H,14,18)(H,15,16)(H,19,20). The van der Waals surface area contributed by atoms with Crippen molar-refractivity contribution in [2.24, 2.45) is 5.41 Å². The van der Waals surface area contributed by atoms with E-state index < -0.39 is 11.9 Å². The third kappa shape index (κ3) is 3.16. The van der Waals surface area contributed by atoms with Crippen LogP contribution >= 0.6 is 0 Å². The van der Waals surface area contributed by atoms with Crippen LogP contribution in [0.2, 0.25) is 0 Å². The van der Waals surface area contributed by atoms with Gasteiger partial charge >= 0.3 is 5.97 Å². The molecule has 1 saturated heterocycles. The first kappa shape index (κ1) is 14.5. The predicted molar refractivity (Wildman–Crippen MR) is 72.7 cm³/mol. The molecule has 1 aliphatic rings. The summed E-state index contributed by atoms with van der Waals surface area (Å²) in [6, 6.07) is 0. The SMILES string of the molecule is CN1CCC(C)(CNC(=O)c2nc[nH]c2C(=O)O)CC1. The molecule has 0 spiro atoms. The summed E-state index contributed by atoms with van der Waals surface area (Å²) in [5.41, 5.74) is -0.174. The first-order valence-corrected chi connectivity index (χ1v) is 6.65. The van der Waals surface area contributed by atoms with E-state index in [1.165, 1.54) is 6.33 Å². The van der Waals surface area contributed by atoms with Crippen LogP contribution in [0.4, 0.5) is 0 Å². The molecule has 2 heterocycles. The first-order valence-electron chi connectivity index (χ1n) is 6.65. The average molecular weight is 280 g/mol. The fourth-order valence-corrected chi connectivity index (χ4v) is 2.34. The molecular weight excluding hydrogens is 260 g/mol. The minimum Gasteiger partial charge on any atom is -0.477 e. The van der Waals surface area contributed by atoms with Gasteiger partial charge in [0, 0.05) is 6.54 Å². The van der Waals surface area contributed by atoms with E-state index in [0.29, 0.717) is 6.54 Å².